The number of ether oxygens (including phenoxy) is 1. The zero-order valence-corrected chi connectivity index (χ0v) is 13.8. The topological polar surface area (TPSA) is 66.8 Å². The quantitative estimate of drug-likeness (QED) is 0.740. The summed E-state index contributed by atoms with van der Waals surface area (Å²) in [6.07, 6.45) is 4.47. The van der Waals surface area contributed by atoms with E-state index in [0.717, 1.165) is 36.0 Å². The van der Waals surface area contributed by atoms with E-state index in [9.17, 15) is 15.0 Å². The van der Waals surface area contributed by atoms with Crippen LogP contribution in [0.1, 0.15) is 46.8 Å². The van der Waals surface area contributed by atoms with Crippen molar-refractivity contribution in [3.63, 3.8) is 0 Å². The molecule has 0 aromatic heterocycles. The highest BCUT2D eigenvalue weighted by molar-refractivity contribution is 5.92. The van der Waals surface area contributed by atoms with Crippen molar-refractivity contribution in [3.05, 3.63) is 65.2 Å². The van der Waals surface area contributed by atoms with Gasteiger partial charge in [0, 0.05) is 0 Å². The summed E-state index contributed by atoms with van der Waals surface area (Å²) in [6, 6.07) is 10.9. The van der Waals surface area contributed by atoms with Gasteiger partial charge >= 0.3 is 5.97 Å². The van der Waals surface area contributed by atoms with Gasteiger partial charge < -0.3 is 14.9 Å². The molecule has 0 amide bonds. The molecule has 0 saturated heterocycles. The lowest BCUT2D eigenvalue weighted by Crippen LogP contribution is -2.03. The highest BCUT2D eigenvalue weighted by atomic mass is 16.5. The van der Waals surface area contributed by atoms with Gasteiger partial charge in [0.15, 0.2) is 11.5 Å². The average molecular weight is 326 g/mol. The van der Waals surface area contributed by atoms with Crippen molar-refractivity contribution in [3.8, 4) is 11.5 Å². The molecule has 0 spiro atoms. The van der Waals surface area contributed by atoms with Crippen LogP contribution in [0, 0.1) is 0 Å². The standard InChI is InChI=1S/C20H22O4/c1-3-5-6-16-11-17(20(22)23)19(21)18(12-16)24-13-15-9-7-14(4-2)8-10-15/h4,7-12,21H,2-3,5-6,13H2,1H3,(H,22,23). The highest BCUT2D eigenvalue weighted by Crippen LogP contribution is 2.33. The second-order valence-corrected chi connectivity index (χ2v) is 5.63. The van der Waals surface area contributed by atoms with Gasteiger partial charge in [0.1, 0.15) is 12.2 Å². The van der Waals surface area contributed by atoms with Crippen LogP contribution in [0.3, 0.4) is 0 Å². The summed E-state index contributed by atoms with van der Waals surface area (Å²) in [5.41, 5.74) is 2.66. The van der Waals surface area contributed by atoms with Gasteiger partial charge in [-0.15, -0.1) is 0 Å². The van der Waals surface area contributed by atoms with Crippen LogP contribution >= 0.6 is 0 Å². The lowest BCUT2D eigenvalue weighted by molar-refractivity contribution is 0.0692. The third-order valence-corrected chi connectivity index (χ3v) is 3.79. The molecule has 0 bridgehead atoms. The summed E-state index contributed by atoms with van der Waals surface area (Å²) in [5.74, 6) is -1.29. The van der Waals surface area contributed by atoms with Crippen LogP contribution in [-0.2, 0) is 13.0 Å². The maximum atomic E-state index is 11.3. The van der Waals surface area contributed by atoms with E-state index in [0.29, 0.717) is 0 Å². The van der Waals surface area contributed by atoms with Crippen molar-refractivity contribution in [2.75, 3.05) is 0 Å². The molecular formula is C20H22O4. The second-order valence-electron chi connectivity index (χ2n) is 5.63. The van der Waals surface area contributed by atoms with Gasteiger partial charge in [-0.25, -0.2) is 4.79 Å². The Labute approximate surface area is 142 Å². The van der Waals surface area contributed by atoms with Gasteiger partial charge in [0.2, 0.25) is 0 Å². The molecule has 126 valence electrons. The van der Waals surface area contributed by atoms with Gasteiger partial charge in [0.25, 0.3) is 0 Å². The third-order valence-electron chi connectivity index (χ3n) is 3.79. The van der Waals surface area contributed by atoms with E-state index in [1.807, 2.05) is 24.3 Å². The number of rotatable bonds is 8. The molecule has 0 aliphatic rings. The summed E-state index contributed by atoms with van der Waals surface area (Å²) in [7, 11) is 0. The Kier molecular flexibility index (Phi) is 6.01. The maximum absolute atomic E-state index is 11.3. The third kappa shape index (κ3) is 4.38. The van der Waals surface area contributed by atoms with E-state index >= 15 is 0 Å². The summed E-state index contributed by atoms with van der Waals surface area (Å²) in [4.78, 5) is 11.3. The molecule has 24 heavy (non-hydrogen) atoms. The van der Waals surface area contributed by atoms with Crippen LogP contribution in [0.2, 0.25) is 0 Å². The van der Waals surface area contributed by atoms with E-state index < -0.39 is 5.97 Å². The predicted octanol–water partition coefficient (Wildman–Crippen LogP) is 4.66. The number of aryl methyl sites for hydroxylation is 1. The minimum atomic E-state index is -1.16. The van der Waals surface area contributed by atoms with E-state index in [4.69, 9.17) is 4.74 Å². The van der Waals surface area contributed by atoms with E-state index in [2.05, 4.69) is 13.5 Å². The molecule has 0 aliphatic heterocycles. The highest BCUT2D eigenvalue weighted by Gasteiger charge is 2.16. The fourth-order valence-corrected chi connectivity index (χ4v) is 2.37. The smallest absolute Gasteiger partial charge is 0.339 e. The summed E-state index contributed by atoms with van der Waals surface area (Å²) in [5, 5.41) is 19.4. The first-order valence-corrected chi connectivity index (χ1v) is 7.98. The molecule has 0 aliphatic carbocycles. The SMILES string of the molecule is C=Cc1ccc(COc2cc(CCCC)cc(C(=O)O)c2O)cc1. The van der Waals surface area contributed by atoms with Gasteiger partial charge in [-0.2, -0.15) is 0 Å². The lowest BCUT2D eigenvalue weighted by Gasteiger charge is -2.12. The molecule has 0 unspecified atom stereocenters. The first kappa shape index (κ1) is 17.6. The summed E-state index contributed by atoms with van der Waals surface area (Å²) < 4.78 is 5.67. The lowest BCUT2D eigenvalue weighted by atomic mass is 10.0. The summed E-state index contributed by atoms with van der Waals surface area (Å²) >= 11 is 0. The number of phenols is 1. The molecule has 0 atom stereocenters. The van der Waals surface area contributed by atoms with Crippen molar-refractivity contribution in [2.24, 2.45) is 0 Å². The Hall–Kier alpha value is -2.75. The average Bonchev–Trinajstić information content (AvgIpc) is 2.59. The van der Waals surface area contributed by atoms with Crippen LogP contribution in [-0.4, -0.2) is 16.2 Å². The van der Waals surface area contributed by atoms with Crippen molar-refractivity contribution < 1.29 is 19.7 Å². The Morgan fingerprint density at radius 2 is 1.92 bits per heavy atom. The van der Waals surface area contributed by atoms with Crippen LogP contribution < -0.4 is 4.74 Å². The minimum absolute atomic E-state index is 0.124. The Morgan fingerprint density at radius 3 is 2.50 bits per heavy atom. The first-order valence-electron chi connectivity index (χ1n) is 7.98. The van der Waals surface area contributed by atoms with Gasteiger partial charge in [-0.05, 0) is 41.7 Å². The van der Waals surface area contributed by atoms with Crippen LogP contribution in [0.5, 0.6) is 11.5 Å². The second kappa shape index (κ2) is 8.20. The fraction of sp³-hybridized carbons (Fsp3) is 0.250. The van der Waals surface area contributed by atoms with Crippen LogP contribution in [0.25, 0.3) is 6.08 Å². The van der Waals surface area contributed by atoms with Crippen molar-refractivity contribution in [1.29, 1.82) is 0 Å². The normalized spacial score (nSPS) is 10.4. The molecule has 0 radical (unpaired) electrons. The van der Waals surface area contributed by atoms with Gasteiger partial charge in [0.05, 0.1) is 0 Å². The molecule has 0 saturated carbocycles. The number of carbonyl (C=O) groups is 1. The van der Waals surface area contributed by atoms with Gasteiger partial charge in [-0.3, -0.25) is 0 Å². The Balaban J connectivity index is 2.21. The Bertz CT molecular complexity index is 717. The van der Waals surface area contributed by atoms with E-state index in [1.54, 1.807) is 12.1 Å². The number of unbranched alkanes of at least 4 members (excludes halogenated alkanes) is 1. The number of carboxylic acid groups (broad SMARTS) is 1. The van der Waals surface area contributed by atoms with Gasteiger partial charge in [-0.1, -0.05) is 50.3 Å². The van der Waals surface area contributed by atoms with Crippen molar-refractivity contribution >= 4 is 12.0 Å². The molecule has 2 N–H and O–H groups in total. The minimum Gasteiger partial charge on any atom is -0.504 e. The van der Waals surface area contributed by atoms with Crippen molar-refractivity contribution in [1.82, 2.24) is 0 Å². The van der Waals surface area contributed by atoms with Crippen LogP contribution in [0.4, 0.5) is 0 Å². The molecule has 2 aromatic rings. The molecule has 0 heterocycles. The van der Waals surface area contributed by atoms with Crippen molar-refractivity contribution in [2.45, 2.75) is 32.8 Å². The first-order chi connectivity index (χ1) is 11.5. The number of hydrogen-bond donors (Lipinski definition) is 2. The summed E-state index contributed by atoms with van der Waals surface area (Å²) in [6.45, 7) is 6.03. The van der Waals surface area contributed by atoms with E-state index in [1.165, 1.54) is 6.07 Å². The maximum Gasteiger partial charge on any atom is 0.339 e. The van der Waals surface area contributed by atoms with Crippen LogP contribution in [0.15, 0.2) is 43.0 Å². The fourth-order valence-electron chi connectivity index (χ4n) is 2.37. The predicted molar refractivity (Wildman–Crippen MR) is 94.5 cm³/mol. The molecular weight excluding hydrogens is 304 g/mol. The Morgan fingerprint density at radius 1 is 1.21 bits per heavy atom. The monoisotopic (exact) mass is 326 g/mol. The van der Waals surface area contributed by atoms with E-state index in [-0.39, 0.29) is 23.7 Å². The molecule has 2 rings (SSSR count). The number of benzene rings is 2. The number of hydrogen-bond acceptors (Lipinski definition) is 3. The molecule has 4 nitrogen and oxygen atoms in total. The number of carboxylic acids is 1. The largest absolute Gasteiger partial charge is 0.504 e. The molecule has 2 aromatic carbocycles. The number of aromatic hydroxyl groups is 1. The molecule has 0 fully saturated rings. The zero-order valence-electron chi connectivity index (χ0n) is 13.8. The molecule has 4 heteroatoms. The number of aromatic carboxylic acids is 1. The zero-order chi connectivity index (χ0) is 17.5.